The number of ether oxygens (including phenoxy) is 2. The fourth-order valence-electron chi connectivity index (χ4n) is 3.37. The average molecular weight is 464 g/mol. The van der Waals surface area contributed by atoms with Gasteiger partial charge in [0.25, 0.3) is 5.91 Å². The van der Waals surface area contributed by atoms with Crippen molar-refractivity contribution in [2.45, 2.75) is 58.5 Å². The minimum atomic E-state index is -1.06. The smallest absolute Gasteiger partial charge is 0.341 e. The number of carbonyl (C=O) groups is 4. The van der Waals surface area contributed by atoms with Crippen LogP contribution in [0.15, 0.2) is 17.5 Å². The van der Waals surface area contributed by atoms with Gasteiger partial charge in [-0.25, -0.2) is 4.79 Å². The van der Waals surface area contributed by atoms with Crippen LogP contribution in [0.5, 0.6) is 0 Å². The second-order valence-corrected chi connectivity index (χ2v) is 9.21. The highest BCUT2D eigenvalue weighted by Gasteiger charge is 2.28. The van der Waals surface area contributed by atoms with Crippen molar-refractivity contribution in [2.24, 2.45) is 0 Å². The minimum absolute atomic E-state index is 0.0261. The molecule has 0 fully saturated rings. The molecule has 31 heavy (non-hydrogen) atoms. The summed E-state index contributed by atoms with van der Waals surface area (Å²) in [4.78, 5) is 50.9. The summed E-state index contributed by atoms with van der Waals surface area (Å²) in [6, 6.07) is 3.48. The second-order valence-electron chi connectivity index (χ2n) is 7.16. The quantitative estimate of drug-likeness (QED) is 0.437. The predicted molar refractivity (Wildman–Crippen MR) is 119 cm³/mol. The molecular weight excluding hydrogens is 438 g/mol. The lowest BCUT2D eigenvalue weighted by Crippen LogP contribution is -2.30. The summed E-state index contributed by atoms with van der Waals surface area (Å²) < 4.78 is 10.4. The van der Waals surface area contributed by atoms with Crippen LogP contribution in [-0.4, -0.2) is 36.3 Å². The van der Waals surface area contributed by atoms with Crippen molar-refractivity contribution in [1.29, 1.82) is 0 Å². The van der Waals surface area contributed by atoms with Crippen LogP contribution in [0.3, 0.4) is 0 Å². The summed E-state index contributed by atoms with van der Waals surface area (Å²) in [7, 11) is 0. The Bertz CT molecular complexity index is 963. The van der Waals surface area contributed by atoms with E-state index < -0.39 is 23.9 Å². The van der Waals surface area contributed by atoms with Gasteiger partial charge in [-0.1, -0.05) is 6.07 Å². The van der Waals surface area contributed by atoms with Gasteiger partial charge in [-0.3, -0.25) is 14.4 Å². The van der Waals surface area contributed by atoms with Gasteiger partial charge < -0.3 is 14.8 Å². The Morgan fingerprint density at radius 3 is 2.65 bits per heavy atom. The first-order valence-corrected chi connectivity index (χ1v) is 12.0. The lowest BCUT2D eigenvalue weighted by atomic mass is 9.95. The van der Waals surface area contributed by atoms with Gasteiger partial charge in [0.1, 0.15) is 5.00 Å². The third-order valence-corrected chi connectivity index (χ3v) is 7.04. The molecular formula is C22H25NO6S2. The third-order valence-electron chi connectivity index (χ3n) is 4.92. The fraction of sp³-hybridized carbons (Fsp3) is 0.455. The summed E-state index contributed by atoms with van der Waals surface area (Å²) in [5.41, 5.74) is 1.36. The van der Waals surface area contributed by atoms with Crippen LogP contribution in [0.2, 0.25) is 0 Å². The number of rotatable bonds is 9. The molecule has 2 heterocycles. The van der Waals surface area contributed by atoms with Crippen LogP contribution in [0.1, 0.15) is 70.0 Å². The molecule has 2 aromatic rings. The zero-order chi connectivity index (χ0) is 22.4. The number of ketones is 1. The largest absolute Gasteiger partial charge is 0.462 e. The molecule has 1 aliphatic rings. The maximum Gasteiger partial charge on any atom is 0.341 e. The van der Waals surface area contributed by atoms with Gasteiger partial charge in [-0.2, -0.15) is 0 Å². The monoisotopic (exact) mass is 463 g/mol. The van der Waals surface area contributed by atoms with E-state index in [2.05, 4.69) is 5.32 Å². The highest BCUT2D eigenvalue weighted by molar-refractivity contribution is 7.17. The van der Waals surface area contributed by atoms with Crippen molar-refractivity contribution >= 4 is 51.3 Å². The van der Waals surface area contributed by atoms with E-state index in [1.165, 1.54) is 29.6 Å². The lowest BCUT2D eigenvalue weighted by molar-refractivity contribution is -0.153. The van der Waals surface area contributed by atoms with E-state index >= 15 is 0 Å². The second kappa shape index (κ2) is 10.7. The summed E-state index contributed by atoms with van der Waals surface area (Å²) in [5, 5.41) is 4.97. The molecule has 9 heteroatoms. The summed E-state index contributed by atoms with van der Waals surface area (Å²) in [5.74, 6) is -1.73. The van der Waals surface area contributed by atoms with Crippen molar-refractivity contribution in [3.63, 3.8) is 0 Å². The molecule has 0 saturated heterocycles. The van der Waals surface area contributed by atoms with E-state index in [1.807, 2.05) is 0 Å². The Labute approximate surface area is 188 Å². The Kier molecular flexibility index (Phi) is 7.97. The van der Waals surface area contributed by atoms with Crippen molar-refractivity contribution in [1.82, 2.24) is 0 Å². The molecule has 0 bridgehead atoms. The van der Waals surface area contributed by atoms with Crippen LogP contribution >= 0.6 is 22.7 Å². The number of thiophene rings is 2. The van der Waals surface area contributed by atoms with E-state index in [1.54, 1.807) is 24.4 Å². The SMILES string of the molecule is CCOC(=O)c1c(NC(=O)C(C)OC(=O)CCC(=O)c2cccs2)sc2c1CCCC2. The Balaban J connectivity index is 1.60. The minimum Gasteiger partial charge on any atom is -0.462 e. The van der Waals surface area contributed by atoms with Crippen LogP contribution in [0, 0.1) is 0 Å². The van der Waals surface area contributed by atoms with Gasteiger partial charge in [0.2, 0.25) is 0 Å². The number of fused-ring (bicyclic) bond motifs is 1. The maximum absolute atomic E-state index is 12.6. The summed E-state index contributed by atoms with van der Waals surface area (Å²) in [6.07, 6.45) is 2.54. The van der Waals surface area contributed by atoms with E-state index in [0.717, 1.165) is 36.1 Å². The van der Waals surface area contributed by atoms with Crippen LogP contribution in [-0.2, 0) is 31.9 Å². The highest BCUT2D eigenvalue weighted by atomic mass is 32.1. The standard InChI is InChI=1S/C22H25NO6S2/c1-3-28-22(27)19-14-7-4-5-8-16(14)31-21(19)23-20(26)13(2)29-18(25)11-10-15(24)17-9-6-12-30-17/h6,9,12-13H,3-5,7-8,10-11H2,1-2H3,(H,23,26). The number of anilines is 1. The van der Waals surface area contributed by atoms with Crippen molar-refractivity contribution in [3.8, 4) is 0 Å². The number of amides is 1. The van der Waals surface area contributed by atoms with E-state index in [9.17, 15) is 19.2 Å². The molecule has 2 aromatic heterocycles. The number of hydrogen-bond donors (Lipinski definition) is 1. The summed E-state index contributed by atoms with van der Waals surface area (Å²) >= 11 is 2.70. The predicted octanol–water partition coefficient (Wildman–Crippen LogP) is 4.40. The normalized spacial score (nSPS) is 13.7. The van der Waals surface area contributed by atoms with E-state index in [0.29, 0.717) is 15.4 Å². The first-order chi connectivity index (χ1) is 14.9. The van der Waals surface area contributed by atoms with Gasteiger partial charge in [-0.05, 0) is 56.5 Å². The molecule has 166 valence electrons. The van der Waals surface area contributed by atoms with Gasteiger partial charge in [0, 0.05) is 11.3 Å². The van der Waals surface area contributed by atoms with Crippen LogP contribution < -0.4 is 5.32 Å². The molecule has 0 radical (unpaired) electrons. The highest BCUT2D eigenvalue weighted by Crippen LogP contribution is 2.38. The van der Waals surface area contributed by atoms with Crippen LogP contribution in [0.4, 0.5) is 5.00 Å². The number of hydrogen-bond acceptors (Lipinski definition) is 8. The number of aryl methyl sites for hydroxylation is 1. The molecule has 3 rings (SSSR count). The zero-order valence-electron chi connectivity index (χ0n) is 17.5. The molecule has 1 N–H and O–H groups in total. The molecule has 0 spiro atoms. The first-order valence-electron chi connectivity index (χ1n) is 10.3. The Morgan fingerprint density at radius 2 is 1.94 bits per heavy atom. The first kappa shape index (κ1) is 23.1. The van der Waals surface area contributed by atoms with Gasteiger partial charge in [0.05, 0.1) is 23.5 Å². The molecule has 1 unspecified atom stereocenters. The lowest BCUT2D eigenvalue weighted by Gasteiger charge is -2.14. The fourth-order valence-corrected chi connectivity index (χ4v) is 5.35. The molecule has 1 aliphatic carbocycles. The van der Waals surface area contributed by atoms with Gasteiger partial charge in [-0.15, -0.1) is 22.7 Å². The van der Waals surface area contributed by atoms with Crippen molar-refractivity contribution < 1.29 is 28.7 Å². The molecule has 1 atom stereocenters. The summed E-state index contributed by atoms with van der Waals surface area (Å²) in [6.45, 7) is 3.45. The van der Waals surface area contributed by atoms with Crippen molar-refractivity contribution in [3.05, 3.63) is 38.4 Å². The van der Waals surface area contributed by atoms with E-state index in [4.69, 9.17) is 9.47 Å². The van der Waals surface area contributed by atoms with Crippen LogP contribution in [0.25, 0.3) is 0 Å². The number of carbonyl (C=O) groups excluding carboxylic acids is 4. The molecule has 1 amide bonds. The topological polar surface area (TPSA) is 98.8 Å². The molecule has 0 aliphatic heterocycles. The molecule has 0 saturated carbocycles. The third kappa shape index (κ3) is 5.80. The number of nitrogens with one attached hydrogen (secondary N) is 1. The maximum atomic E-state index is 12.6. The van der Waals surface area contributed by atoms with Gasteiger partial charge >= 0.3 is 11.9 Å². The Hall–Kier alpha value is -2.52. The van der Waals surface area contributed by atoms with Gasteiger partial charge in [0.15, 0.2) is 11.9 Å². The average Bonchev–Trinajstić information content (AvgIpc) is 3.40. The van der Waals surface area contributed by atoms with E-state index in [-0.39, 0.29) is 25.2 Å². The number of esters is 2. The van der Waals surface area contributed by atoms with Crippen molar-refractivity contribution in [2.75, 3.05) is 11.9 Å². The zero-order valence-corrected chi connectivity index (χ0v) is 19.2. The molecule has 0 aromatic carbocycles. The molecule has 7 nitrogen and oxygen atoms in total. The Morgan fingerprint density at radius 1 is 1.16 bits per heavy atom. The number of Topliss-reactive ketones (excluding diaryl/α,β-unsaturated/α-hetero) is 1.